The summed E-state index contributed by atoms with van der Waals surface area (Å²) in [4.78, 5) is 22.0. The maximum atomic E-state index is 12.3. The van der Waals surface area contributed by atoms with E-state index in [1.807, 2.05) is 19.1 Å². The quantitative estimate of drug-likeness (QED) is 0.674. The molecule has 2 aromatic heterocycles. The first-order chi connectivity index (χ1) is 13.1. The van der Waals surface area contributed by atoms with E-state index in [0.29, 0.717) is 23.7 Å². The molecule has 0 atom stereocenters. The topological polar surface area (TPSA) is 85.4 Å². The van der Waals surface area contributed by atoms with Gasteiger partial charge in [-0.05, 0) is 31.2 Å². The second-order valence-electron chi connectivity index (χ2n) is 5.64. The molecular formula is C19H20N4O3S. The number of aryl methyl sites for hydroxylation is 1. The number of carbonyl (C=O) groups excluding carboxylic acids is 1. The van der Waals surface area contributed by atoms with Crippen LogP contribution < -0.4 is 20.1 Å². The highest BCUT2D eigenvalue weighted by molar-refractivity contribution is 7.15. The molecule has 2 heterocycles. The third kappa shape index (κ3) is 4.53. The minimum Gasteiger partial charge on any atom is -0.497 e. The first-order valence-corrected chi connectivity index (χ1v) is 9.06. The number of urea groups is 1. The molecule has 0 unspecified atom stereocenters. The van der Waals surface area contributed by atoms with Crippen LogP contribution in [0.1, 0.15) is 10.6 Å². The van der Waals surface area contributed by atoms with E-state index < -0.39 is 0 Å². The highest BCUT2D eigenvalue weighted by Gasteiger charge is 2.12. The number of carbonyl (C=O) groups is 1. The number of thiazole rings is 1. The average molecular weight is 384 g/mol. The summed E-state index contributed by atoms with van der Waals surface area (Å²) in [6.45, 7) is 2.30. The predicted molar refractivity (Wildman–Crippen MR) is 105 cm³/mol. The Labute approximate surface area is 161 Å². The van der Waals surface area contributed by atoms with Crippen LogP contribution >= 0.6 is 11.3 Å². The molecule has 1 aromatic carbocycles. The maximum Gasteiger partial charge on any atom is 0.319 e. The molecule has 0 spiro atoms. The van der Waals surface area contributed by atoms with Crippen molar-refractivity contribution in [1.82, 2.24) is 15.3 Å². The number of ether oxygens (including phenoxy) is 2. The van der Waals surface area contributed by atoms with Crippen molar-refractivity contribution in [2.75, 3.05) is 19.5 Å². The average Bonchev–Trinajstić information content (AvgIpc) is 3.07. The Hall–Kier alpha value is -3.13. The van der Waals surface area contributed by atoms with Crippen molar-refractivity contribution < 1.29 is 14.3 Å². The van der Waals surface area contributed by atoms with Crippen LogP contribution in [0.5, 0.6) is 11.5 Å². The van der Waals surface area contributed by atoms with Crippen molar-refractivity contribution in [2.24, 2.45) is 0 Å². The molecule has 3 rings (SSSR count). The van der Waals surface area contributed by atoms with Gasteiger partial charge in [0.1, 0.15) is 16.5 Å². The van der Waals surface area contributed by atoms with E-state index in [0.717, 1.165) is 21.1 Å². The van der Waals surface area contributed by atoms with Gasteiger partial charge in [-0.3, -0.25) is 4.98 Å². The highest BCUT2D eigenvalue weighted by Crippen LogP contribution is 2.29. The van der Waals surface area contributed by atoms with E-state index in [2.05, 4.69) is 20.6 Å². The largest absolute Gasteiger partial charge is 0.497 e. The Balaban J connectivity index is 1.66. The first kappa shape index (κ1) is 18.7. The fraction of sp³-hybridized carbons (Fsp3) is 0.211. The van der Waals surface area contributed by atoms with Gasteiger partial charge >= 0.3 is 6.03 Å². The van der Waals surface area contributed by atoms with Crippen molar-refractivity contribution in [3.05, 3.63) is 53.3 Å². The minimum atomic E-state index is -0.336. The van der Waals surface area contributed by atoms with Crippen LogP contribution in [0.25, 0.3) is 10.6 Å². The number of amides is 2. The summed E-state index contributed by atoms with van der Waals surface area (Å²) in [5, 5.41) is 6.52. The molecule has 2 amide bonds. The Morgan fingerprint density at radius 1 is 1.22 bits per heavy atom. The van der Waals surface area contributed by atoms with Crippen molar-refractivity contribution in [3.8, 4) is 22.1 Å². The number of hydrogen-bond donors (Lipinski definition) is 2. The molecule has 0 saturated carbocycles. The minimum absolute atomic E-state index is 0.336. The second-order valence-corrected chi connectivity index (χ2v) is 6.73. The first-order valence-electron chi connectivity index (χ1n) is 8.24. The van der Waals surface area contributed by atoms with Crippen LogP contribution in [0.4, 0.5) is 10.5 Å². The molecule has 7 nitrogen and oxygen atoms in total. The SMILES string of the molecule is COc1ccc(OC)c(NC(=O)NCc2sc(-c3cccnc3)nc2C)c1. The van der Waals surface area contributed by atoms with Crippen LogP contribution in [0.3, 0.4) is 0 Å². The van der Waals surface area contributed by atoms with Gasteiger partial charge in [0.15, 0.2) is 0 Å². The number of anilines is 1. The van der Waals surface area contributed by atoms with E-state index in [1.165, 1.54) is 11.3 Å². The van der Waals surface area contributed by atoms with E-state index in [9.17, 15) is 4.79 Å². The molecule has 0 aliphatic rings. The number of benzene rings is 1. The van der Waals surface area contributed by atoms with Gasteiger partial charge in [0.25, 0.3) is 0 Å². The van der Waals surface area contributed by atoms with Gasteiger partial charge in [-0.25, -0.2) is 9.78 Å². The molecule has 0 bridgehead atoms. The summed E-state index contributed by atoms with van der Waals surface area (Å²) in [6, 6.07) is 8.71. The van der Waals surface area contributed by atoms with Crippen LogP contribution in [0.15, 0.2) is 42.7 Å². The van der Waals surface area contributed by atoms with Gasteiger partial charge in [-0.15, -0.1) is 11.3 Å². The van der Waals surface area contributed by atoms with Gasteiger partial charge < -0.3 is 20.1 Å². The number of hydrogen-bond acceptors (Lipinski definition) is 6. The third-order valence-corrected chi connectivity index (χ3v) is 5.07. The molecule has 27 heavy (non-hydrogen) atoms. The molecule has 0 saturated heterocycles. The van der Waals surface area contributed by atoms with Gasteiger partial charge in [0.05, 0.1) is 32.1 Å². The summed E-state index contributed by atoms with van der Waals surface area (Å²) in [5.74, 6) is 1.18. The van der Waals surface area contributed by atoms with Gasteiger partial charge in [-0.2, -0.15) is 0 Å². The van der Waals surface area contributed by atoms with E-state index in [-0.39, 0.29) is 6.03 Å². The molecule has 0 aliphatic carbocycles. The lowest BCUT2D eigenvalue weighted by Gasteiger charge is -2.12. The maximum absolute atomic E-state index is 12.3. The summed E-state index contributed by atoms with van der Waals surface area (Å²) in [5.41, 5.74) is 2.38. The third-order valence-electron chi connectivity index (χ3n) is 3.87. The smallest absolute Gasteiger partial charge is 0.319 e. The van der Waals surface area contributed by atoms with Crippen LogP contribution in [0, 0.1) is 6.92 Å². The van der Waals surface area contributed by atoms with Crippen LogP contribution in [-0.2, 0) is 6.54 Å². The number of methoxy groups -OCH3 is 2. The van der Waals surface area contributed by atoms with Gasteiger partial charge in [-0.1, -0.05) is 0 Å². The fourth-order valence-corrected chi connectivity index (χ4v) is 3.44. The summed E-state index contributed by atoms with van der Waals surface area (Å²) in [7, 11) is 3.11. The Kier molecular flexibility index (Phi) is 5.87. The lowest BCUT2D eigenvalue weighted by molar-refractivity contribution is 0.251. The van der Waals surface area contributed by atoms with Crippen molar-refractivity contribution >= 4 is 23.1 Å². The normalized spacial score (nSPS) is 10.3. The van der Waals surface area contributed by atoms with E-state index >= 15 is 0 Å². The van der Waals surface area contributed by atoms with Crippen molar-refractivity contribution in [3.63, 3.8) is 0 Å². The summed E-state index contributed by atoms with van der Waals surface area (Å²) < 4.78 is 10.5. The van der Waals surface area contributed by atoms with Gasteiger partial charge in [0.2, 0.25) is 0 Å². The zero-order valence-corrected chi connectivity index (χ0v) is 16.1. The predicted octanol–water partition coefficient (Wildman–Crippen LogP) is 3.85. The number of aromatic nitrogens is 2. The van der Waals surface area contributed by atoms with Crippen molar-refractivity contribution in [1.29, 1.82) is 0 Å². The zero-order chi connectivity index (χ0) is 19.2. The molecule has 0 radical (unpaired) electrons. The molecule has 2 N–H and O–H groups in total. The Morgan fingerprint density at radius 3 is 2.78 bits per heavy atom. The van der Waals surface area contributed by atoms with Crippen LogP contribution in [-0.4, -0.2) is 30.2 Å². The highest BCUT2D eigenvalue weighted by atomic mass is 32.1. The van der Waals surface area contributed by atoms with Crippen LogP contribution in [0.2, 0.25) is 0 Å². The molecular weight excluding hydrogens is 364 g/mol. The molecule has 3 aromatic rings. The number of pyridine rings is 1. The Bertz CT molecular complexity index is 928. The molecule has 8 heteroatoms. The molecule has 140 valence electrons. The Morgan fingerprint density at radius 2 is 2.07 bits per heavy atom. The van der Waals surface area contributed by atoms with Crippen molar-refractivity contribution in [2.45, 2.75) is 13.5 Å². The molecule has 0 aliphatic heterocycles. The lowest BCUT2D eigenvalue weighted by Crippen LogP contribution is -2.28. The van der Waals surface area contributed by atoms with E-state index in [1.54, 1.807) is 44.8 Å². The molecule has 0 fully saturated rings. The standard InChI is InChI=1S/C19H20N4O3S/c1-12-17(27-18(22-12)13-5-4-8-20-10-13)11-21-19(24)23-15-9-14(25-2)6-7-16(15)26-3/h4-10H,11H2,1-3H3,(H2,21,23,24). The summed E-state index contributed by atoms with van der Waals surface area (Å²) >= 11 is 1.54. The van der Waals surface area contributed by atoms with E-state index in [4.69, 9.17) is 9.47 Å². The number of nitrogens with one attached hydrogen (secondary N) is 2. The summed E-state index contributed by atoms with van der Waals surface area (Å²) in [6.07, 6.45) is 3.50. The lowest BCUT2D eigenvalue weighted by atomic mass is 10.2. The monoisotopic (exact) mass is 384 g/mol. The van der Waals surface area contributed by atoms with Gasteiger partial charge in [0, 0.05) is 28.9 Å². The fourth-order valence-electron chi connectivity index (χ4n) is 2.44. The number of rotatable bonds is 6. The second kappa shape index (κ2) is 8.50. The zero-order valence-electron chi connectivity index (χ0n) is 15.3. The number of nitrogens with zero attached hydrogens (tertiary/aromatic N) is 2.